The lowest BCUT2D eigenvalue weighted by atomic mass is 10.0. The number of ether oxygens (including phenoxy) is 2. The molecule has 0 bridgehead atoms. The lowest BCUT2D eigenvalue weighted by molar-refractivity contribution is 0.125. The lowest BCUT2D eigenvalue weighted by Crippen LogP contribution is -1.95. The van der Waals surface area contributed by atoms with Gasteiger partial charge in [0.25, 0.3) is 0 Å². The summed E-state index contributed by atoms with van der Waals surface area (Å²) in [5.41, 5.74) is 5.15. The van der Waals surface area contributed by atoms with Crippen molar-refractivity contribution < 1.29 is 14.6 Å². The Morgan fingerprint density at radius 2 is 1.36 bits per heavy atom. The zero-order valence-electron chi connectivity index (χ0n) is 18.6. The molecule has 0 fully saturated rings. The van der Waals surface area contributed by atoms with Crippen LogP contribution in [-0.4, -0.2) is 11.7 Å². The third kappa shape index (κ3) is 6.83. The van der Waals surface area contributed by atoms with Crippen molar-refractivity contribution in [2.24, 2.45) is 0 Å². The van der Waals surface area contributed by atoms with Crippen LogP contribution in [0.5, 0.6) is 11.5 Å². The van der Waals surface area contributed by atoms with Crippen molar-refractivity contribution in [2.45, 2.75) is 19.6 Å². The van der Waals surface area contributed by atoms with Gasteiger partial charge in [-0.25, -0.2) is 0 Å². The van der Waals surface area contributed by atoms with Gasteiger partial charge < -0.3 is 14.6 Å². The van der Waals surface area contributed by atoms with Crippen LogP contribution in [0.4, 0.5) is 0 Å². The van der Waals surface area contributed by atoms with Gasteiger partial charge in [-0.2, -0.15) is 0 Å². The van der Waals surface area contributed by atoms with E-state index in [-0.39, 0.29) is 5.75 Å². The van der Waals surface area contributed by atoms with Gasteiger partial charge in [0.2, 0.25) is 0 Å². The highest BCUT2D eigenvalue weighted by Gasteiger charge is 2.05. The van der Waals surface area contributed by atoms with Gasteiger partial charge in [0.15, 0.2) is 0 Å². The van der Waals surface area contributed by atoms with Crippen LogP contribution < -0.4 is 4.74 Å². The van der Waals surface area contributed by atoms with Gasteiger partial charge in [-0.3, -0.25) is 0 Å². The van der Waals surface area contributed by atoms with Gasteiger partial charge >= 0.3 is 0 Å². The van der Waals surface area contributed by atoms with E-state index in [1.807, 2.05) is 84.9 Å². The van der Waals surface area contributed by atoms with Gasteiger partial charge in [0.05, 0.1) is 13.2 Å². The zero-order valence-corrected chi connectivity index (χ0v) is 18.6. The fraction of sp³-hybridized carbons (Fsp3) is 0.133. The SMILES string of the molecule is Oc1ccc(-c2cccc(OCc3ccccc3)c2)cc1C=CCCOCc1ccccc1. The van der Waals surface area contributed by atoms with E-state index in [4.69, 9.17) is 9.47 Å². The molecule has 33 heavy (non-hydrogen) atoms. The van der Waals surface area contributed by atoms with E-state index < -0.39 is 0 Å². The molecule has 3 heteroatoms. The van der Waals surface area contributed by atoms with Crippen LogP contribution in [0.3, 0.4) is 0 Å². The first-order valence-corrected chi connectivity index (χ1v) is 11.2. The molecule has 0 aliphatic rings. The molecule has 0 radical (unpaired) electrons. The summed E-state index contributed by atoms with van der Waals surface area (Å²) in [4.78, 5) is 0. The summed E-state index contributed by atoms with van der Waals surface area (Å²) < 4.78 is 11.7. The summed E-state index contributed by atoms with van der Waals surface area (Å²) in [5.74, 6) is 1.08. The summed E-state index contributed by atoms with van der Waals surface area (Å²) in [6, 6.07) is 33.9. The molecule has 4 aromatic carbocycles. The second kappa shape index (κ2) is 11.7. The maximum atomic E-state index is 10.3. The number of benzene rings is 4. The molecule has 0 aliphatic carbocycles. The molecular weight excluding hydrogens is 408 g/mol. The molecule has 166 valence electrons. The summed E-state index contributed by atoms with van der Waals surface area (Å²) in [6.07, 6.45) is 4.75. The normalized spacial score (nSPS) is 11.0. The van der Waals surface area contributed by atoms with Crippen molar-refractivity contribution in [3.63, 3.8) is 0 Å². The Labute approximate surface area is 195 Å². The van der Waals surface area contributed by atoms with E-state index >= 15 is 0 Å². The Bertz CT molecular complexity index is 1170. The van der Waals surface area contributed by atoms with Crippen LogP contribution in [0.25, 0.3) is 17.2 Å². The van der Waals surface area contributed by atoms with Crippen LogP contribution in [0.2, 0.25) is 0 Å². The number of hydrogen-bond donors (Lipinski definition) is 1. The standard InChI is InChI=1S/C30H28O3/c31-30-18-17-27(20-28(30)14-7-8-19-32-22-24-10-3-1-4-11-24)26-15-9-16-29(21-26)33-23-25-12-5-2-6-13-25/h1-7,9-18,20-21,31H,8,19,22-23H2. The van der Waals surface area contributed by atoms with Crippen molar-refractivity contribution in [3.05, 3.63) is 126 Å². The zero-order chi connectivity index (χ0) is 22.7. The molecule has 0 saturated heterocycles. The number of phenolic OH excluding ortho intramolecular Hbond substituents is 1. The third-order valence-electron chi connectivity index (χ3n) is 5.28. The summed E-state index contributed by atoms with van der Waals surface area (Å²) in [5, 5.41) is 10.3. The van der Waals surface area contributed by atoms with E-state index in [1.54, 1.807) is 6.07 Å². The van der Waals surface area contributed by atoms with Crippen LogP contribution >= 0.6 is 0 Å². The highest BCUT2D eigenvalue weighted by atomic mass is 16.5. The number of aromatic hydroxyl groups is 1. The molecule has 0 spiro atoms. The predicted molar refractivity (Wildman–Crippen MR) is 134 cm³/mol. The van der Waals surface area contributed by atoms with Gasteiger partial charge in [-0.15, -0.1) is 0 Å². The van der Waals surface area contributed by atoms with Crippen molar-refractivity contribution in [3.8, 4) is 22.6 Å². The second-order valence-corrected chi connectivity index (χ2v) is 7.80. The Kier molecular flexibility index (Phi) is 7.93. The van der Waals surface area contributed by atoms with Crippen molar-refractivity contribution in [1.29, 1.82) is 0 Å². The van der Waals surface area contributed by atoms with E-state index in [0.29, 0.717) is 19.8 Å². The molecule has 0 aliphatic heterocycles. The minimum Gasteiger partial charge on any atom is -0.507 e. The fourth-order valence-corrected chi connectivity index (χ4v) is 3.50. The van der Waals surface area contributed by atoms with Gasteiger partial charge in [-0.05, 0) is 52.9 Å². The fourth-order valence-electron chi connectivity index (χ4n) is 3.50. The molecule has 3 nitrogen and oxygen atoms in total. The lowest BCUT2D eigenvalue weighted by Gasteiger charge is -2.10. The number of hydrogen-bond acceptors (Lipinski definition) is 3. The third-order valence-corrected chi connectivity index (χ3v) is 5.28. The van der Waals surface area contributed by atoms with Gasteiger partial charge in [0.1, 0.15) is 18.1 Å². The predicted octanol–water partition coefficient (Wildman–Crippen LogP) is 7.26. The molecule has 0 heterocycles. The Morgan fingerprint density at radius 3 is 2.12 bits per heavy atom. The molecule has 4 aromatic rings. The summed E-state index contributed by atoms with van der Waals surface area (Å²) >= 11 is 0. The molecule has 0 atom stereocenters. The molecule has 0 unspecified atom stereocenters. The number of phenols is 1. The van der Waals surface area contributed by atoms with Crippen molar-refractivity contribution in [1.82, 2.24) is 0 Å². The average Bonchev–Trinajstić information content (AvgIpc) is 2.87. The summed E-state index contributed by atoms with van der Waals surface area (Å²) in [6.45, 7) is 1.77. The Morgan fingerprint density at radius 1 is 0.667 bits per heavy atom. The molecule has 0 amide bonds. The summed E-state index contributed by atoms with van der Waals surface area (Å²) in [7, 11) is 0. The van der Waals surface area contributed by atoms with Crippen LogP contribution in [0, 0.1) is 0 Å². The van der Waals surface area contributed by atoms with E-state index in [2.05, 4.69) is 24.3 Å². The first-order chi connectivity index (χ1) is 16.3. The Hall–Kier alpha value is -3.82. The van der Waals surface area contributed by atoms with Gasteiger partial charge in [0, 0.05) is 5.56 Å². The second-order valence-electron chi connectivity index (χ2n) is 7.80. The molecular formula is C30H28O3. The van der Waals surface area contributed by atoms with E-state index in [1.165, 1.54) is 5.56 Å². The molecule has 4 rings (SSSR count). The molecule has 0 aromatic heterocycles. The average molecular weight is 437 g/mol. The highest BCUT2D eigenvalue weighted by Crippen LogP contribution is 2.29. The first-order valence-electron chi connectivity index (χ1n) is 11.2. The maximum absolute atomic E-state index is 10.3. The minimum atomic E-state index is 0.261. The largest absolute Gasteiger partial charge is 0.507 e. The van der Waals surface area contributed by atoms with Crippen LogP contribution in [0.15, 0.2) is 109 Å². The number of rotatable bonds is 10. The topological polar surface area (TPSA) is 38.7 Å². The van der Waals surface area contributed by atoms with Crippen molar-refractivity contribution in [2.75, 3.05) is 6.61 Å². The van der Waals surface area contributed by atoms with E-state index in [0.717, 1.165) is 34.4 Å². The molecule has 1 N–H and O–H groups in total. The Balaban J connectivity index is 1.35. The minimum absolute atomic E-state index is 0.261. The monoisotopic (exact) mass is 436 g/mol. The smallest absolute Gasteiger partial charge is 0.122 e. The van der Waals surface area contributed by atoms with E-state index in [9.17, 15) is 5.11 Å². The van der Waals surface area contributed by atoms with Gasteiger partial charge in [-0.1, -0.05) is 91.0 Å². The molecule has 0 saturated carbocycles. The quantitative estimate of drug-likeness (QED) is 0.266. The van der Waals surface area contributed by atoms with Crippen molar-refractivity contribution >= 4 is 6.08 Å². The first kappa shape index (κ1) is 22.4. The van der Waals surface area contributed by atoms with Crippen LogP contribution in [-0.2, 0) is 18.0 Å². The maximum Gasteiger partial charge on any atom is 0.122 e. The van der Waals surface area contributed by atoms with Crippen LogP contribution in [0.1, 0.15) is 23.1 Å². The highest BCUT2D eigenvalue weighted by molar-refractivity contribution is 5.71.